The second-order valence-corrected chi connectivity index (χ2v) is 6.23. The van der Waals surface area contributed by atoms with Gasteiger partial charge in [0.15, 0.2) is 0 Å². The van der Waals surface area contributed by atoms with Crippen LogP contribution in [0.5, 0.6) is 5.75 Å². The average molecular weight is 389 g/mol. The van der Waals surface area contributed by atoms with E-state index < -0.39 is 0 Å². The van der Waals surface area contributed by atoms with Gasteiger partial charge in [-0.05, 0) is 57.9 Å². The van der Waals surface area contributed by atoms with Crippen LogP contribution in [0.4, 0.5) is 0 Å². The van der Waals surface area contributed by atoms with Gasteiger partial charge in [0.1, 0.15) is 5.75 Å². The zero-order chi connectivity index (χ0) is 15.4. The van der Waals surface area contributed by atoms with Crippen LogP contribution >= 0.6 is 39.1 Å². The summed E-state index contributed by atoms with van der Waals surface area (Å²) in [4.78, 5) is 0. The maximum Gasteiger partial charge on any atom is 0.137 e. The molecule has 2 aromatic carbocycles. The van der Waals surface area contributed by atoms with E-state index >= 15 is 0 Å². The van der Waals surface area contributed by atoms with Gasteiger partial charge in [-0.15, -0.1) is 0 Å². The zero-order valence-corrected chi connectivity index (χ0v) is 14.9. The first-order valence-corrected chi connectivity index (χ1v) is 8.13. The van der Waals surface area contributed by atoms with Crippen LogP contribution in [-0.4, -0.2) is 13.7 Å². The molecule has 0 heterocycles. The number of methoxy groups -OCH3 is 1. The van der Waals surface area contributed by atoms with Crippen molar-refractivity contribution in [2.24, 2.45) is 0 Å². The third-order valence-corrected chi connectivity index (χ3v) is 4.72. The number of hydrogen-bond donors (Lipinski definition) is 1. The molecule has 2 nitrogen and oxygen atoms in total. The molecule has 0 fully saturated rings. The Morgan fingerprint density at radius 1 is 1.10 bits per heavy atom. The summed E-state index contributed by atoms with van der Waals surface area (Å²) < 4.78 is 6.18. The molecule has 0 aromatic heterocycles. The second kappa shape index (κ2) is 7.50. The molecule has 0 saturated carbocycles. The molecule has 0 aliphatic heterocycles. The number of ether oxygens (including phenoxy) is 1. The highest BCUT2D eigenvalue weighted by atomic mass is 79.9. The fourth-order valence-electron chi connectivity index (χ4n) is 2.18. The SMILES string of the molecule is CCNC(c1ccc(Cl)c(Br)c1)c1ccc(Cl)c(OC)c1. The lowest BCUT2D eigenvalue weighted by Crippen LogP contribution is -2.22. The number of halogens is 3. The van der Waals surface area contributed by atoms with Crippen molar-refractivity contribution in [3.8, 4) is 5.75 Å². The fourth-order valence-corrected chi connectivity index (χ4v) is 2.89. The number of rotatable bonds is 5. The molecule has 0 radical (unpaired) electrons. The second-order valence-electron chi connectivity index (χ2n) is 4.56. The van der Waals surface area contributed by atoms with Gasteiger partial charge >= 0.3 is 0 Å². The number of hydrogen-bond acceptors (Lipinski definition) is 2. The van der Waals surface area contributed by atoms with Gasteiger partial charge in [0, 0.05) is 4.47 Å². The summed E-state index contributed by atoms with van der Waals surface area (Å²) in [5.41, 5.74) is 2.21. The van der Waals surface area contributed by atoms with Crippen LogP contribution < -0.4 is 10.1 Å². The van der Waals surface area contributed by atoms with Crippen LogP contribution in [0.25, 0.3) is 0 Å². The molecule has 2 rings (SSSR count). The van der Waals surface area contributed by atoms with Crippen molar-refractivity contribution in [2.75, 3.05) is 13.7 Å². The molecule has 2 aromatic rings. The van der Waals surface area contributed by atoms with Gasteiger partial charge in [-0.3, -0.25) is 0 Å². The van der Waals surface area contributed by atoms with Gasteiger partial charge < -0.3 is 10.1 Å². The number of nitrogens with one attached hydrogen (secondary N) is 1. The molecule has 0 spiro atoms. The predicted octanol–water partition coefficient (Wildman–Crippen LogP) is 5.46. The minimum atomic E-state index is 0.0507. The van der Waals surface area contributed by atoms with Crippen molar-refractivity contribution < 1.29 is 4.74 Å². The molecule has 1 atom stereocenters. The molecule has 21 heavy (non-hydrogen) atoms. The standard InChI is InChI=1S/C16H16BrCl2NO/c1-3-20-16(10-4-6-13(18)12(17)8-10)11-5-7-14(19)15(9-11)21-2/h4-9,16,20H,3H2,1-2H3. The van der Waals surface area contributed by atoms with Crippen LogP contribution in [0.3, 0.4) is 0 Å². The molecular formula is C16H16BrCl2NO. The zero-order valence-electron chi connectivity index (χ0n) is 11.8. The minimum Gasteiger partial charge on any atom is -0.495 e. The lowest BCUT2D eigenvalue weighted by molar-refractivity contribution is 0.414. The van der Waals surface area contributed by atoms with E-state index in [-0.39, 0.29) is 6.04 Å². The van der Waals surface area contributed by atoms with Crippen molar-refractivity contribution in [3.05, 3.63) is 62.0 Å². The predicted molar refractivity (Wildman–Crippen MR) is 92.7 cm³/mol. The van der Waals surface area contributed by atoms with Crippen LogP contribution in [0.15, 0.2) is 40.9 Å². The van der Waals surface area contributed by atoms with Crippen LogP contribution in [0.1, 0.15) is 24.1 Å². The summed E-state index contributed by atoms with van der Waals surface area (Å²) in [6, 6.07) is 11.8. The van der Waals surface area contributed by atoms with Crippen LogP contribution in [0, 0.1) is 0 Å². The van der Waals surface area contributed by atoms with Gasteiger partial charge in [0.2, 0.25) is 0 Å². The van der Waals surface area contributed by atoms with E-state index in [2.05, 4.69) is 28.2 Å². The van der Waals surface area contributed by atoms with E-state index in [0.717, 1.165) is 22.1 Å². The van der Waals surface area contributed by atoms with E-state index in [1.54, 1.807) is 7.11 Å². The summed E-state index contributed by atoms with van der Waals surface area (Å²) in [7, 11) is 1.62. The van der Waals surface area contributed by atoms with Gasteiger partial charge in [-0.2, -0.15) is 0 Å². The Labute approximate surface area is 143 Å². The topological polar surface area (TPSA) is 21.3 Å². The molecule has 1 unspecified atom stereocenters. The molecule has 0 saturated heterocycles. The van der Waals surface area contributed by atoms with E-state index in [0.29, 0.717) is 15.8 Å². The maximum atomic E-state index is 6.10. The molecule has 112 valence electrons. The van der Waals surface area contributed by atoms with Crippen LogP contribution in [0.2, 0.25) is 10.0 Å². The third-order valence-electron chi connectivity index (χ3n) is 3.19. The smallest absolute Gasteiger partial charge is 0.137 e. The van der Waals surface area contributed by atoms with Crippen molar-refractivity contribution in [3.63, 3.8) is 0 Å². The van der Waals surface area contributed by atoms with E-state index in [4.69, 9.17) is 27.9 Å². The largest absolute Gasteiger partial charge is 0.495 e. The maximum absolute atomic E-state index is 6.10. The van der Waals surface area contributed by atoms with Gasteiger partial charge in [-0.1, -0.05) is 42.3 Å². The Morgan fingerprint density at radius 2 is 1.71 bits per heavy atom. The normalized spacial score (nSPS) is 12.2. The van der Waals surface area contributed by atoms with Crippen molar-refractivity contribution in [1.29, 1.82) is 0 Å². The van der Waals surface area contributed by atoms with Crippen molar-refractivity contribution in [1.82, 2.24) is 5.32 Å². The Balaban J connectivity index is 2.44. The Morgan fingerprint density at radius 3 is 2.29 bits per heavy atom. The summed E-state index contributed by atoms with van der Waals surface area (Å²) in [5, 5.41) is 4.77. The third kappa shape index (κ3) is 3.92. The van der Waals surface area contributed by atoms with Gasteiger partial charge in [0.05, 0.1) is 23.2 Å². The minimum absolute atomic E-state index is 0.0507. The first kappa shape index (κ1) is 16.6. The molecular weight excluding hydrogens is 373 g/mol. The Kier molecular flexibility index (Phi) is 5.94. The molecule has 5 heteroatoms. The molecule has 0 amide bonds. The lowest BCUT2D eigenvalue weighted by atomic mass is 9.98. The highest BCUT2D eigenvalue weighted by Crippen LogP contribution is 2.33. The van der Waals surface area contributed by atoms with E-state index in [1.165, 1.54) is 0 Å². The molecule has 0 aliphatic carbocycles. The molecule has 0 bridgehead atoms. The molecule has 0 aliphatic rings. The molecule has 1 N–H and O–H groups in total. The van der Waals surface area contributed by atoms with Crippen molar-refractivity contribution in [2.45, 2.75) is 13.0 Å². The Hall–Kier alpha value is -0.740. The lowest BCUT2D eigenvalue weighted by Gasteiger charge is -2.20. The van der Waals surface area contributed by atoms with Gasteiger partial charge in [-0.25, -0.2) is 0 Å². The first-order valence-electron chi connectivity index (χ1n) is 6.58. The van der Waals surface area contributed by atoms with Gasteiger partial charge in [0.25, 0.3) is 0 Å². The average Bonchev–Trinajstić information content (AvgIpc) is 2.48. The Bertz CT molecular complexity index is 634. The summed E-state index contributed by atoms with van der Waals surface area (Å²) in [6.07, 6.45) is 0. The quantitative estimate of drug-likeness (QED) is 0.733. The van der Waals surface area contributed by atoms with Crippen molar-refractivity contribution >= 4 is 39.1 Å². The van der Waals surface area contributed by atoms with Crippen LogP contribution in [-0.2, 0) is 0 Å². The van der Waals surface area contributed by atoms with E-state index in [1.807, 2.05) is 36.4 Å². The fraction of sp³-hybridized carbons (Fsp3) is 0.250. The first-order chi connectivity index (χ1) is 10.1. The highest BCUT2D eigenvalue weighted by Gasteiger charge is 2.16. The summed E-state index contributed by atoms with van der Waals surface area (Å²) >= 11 is 15.6. The monoisotopic (exact) mass is 387 g/mol. The number of benzene rings is 2. The summed E-state index contributed by atoms with van der Waals surface area (Å²) in [6.45, 7) is 2.92. The van der Waals surface area contributed by atoms with E-state index in [9.17, 15) is 0 Å². The highest BCUT2D eigenvalue weighted by molar-refractivity contribution is 9.10. The summed E-state index contributed by atoms with van der Waals surface area (Å²) in [5.74, 6) is 0.671.